The maximum Gasteiger partial charge on any atom is 0.233 e. The molecule has 0 heterocycles. The smallest absolute Gasteiger partial charge is 0.233 e. The number of amides is 2. The third-order valence-corrected chi connectivity index (χ3v) is 2.30. The molecule has 1 aromatic rings. The van der Waals surface area contributed by atoms with E-state index < -0.39 is 0 Å². The summed E-state index contributed by atoms with van der Waals surface area (Å²) in [5.74, 6) is -1.01. The maximum absolute atomic E-state index is 12.7. The molecule has 0 spiro atoms. The number of carbonyl (C=O) groups is 2. The summed E-state index contributed by atoms with van der Waals surface area (Å²) in [6.07, 6.45) is 0.0693. The molecule has 5 heteroatoms. The van der Waals surface area contributed by atoms with Crippen molar-refractivity contribution >= 4 is 11.8 Å². The van der Waals surface area contributed by atoms with Crippen molar-refractivity contribution < 1.29 is 14.0 Å². The quantitative estimate of drug-likeness (QED) is 0.840. The van der Waals surface area contributed by atoms with Gasteiger partial charge >= 0.3 is 0 Å². The Bertz CT molecular complexity index is 403. The third-order valence-electron chi connectivity index (χ3n) is 2.30. The molecule has 17 heavy (non-hydrogen) atoms. The van der Waals surface area contributed by atoms with Crippen LogP contribution in [0.25, 0.3) is 0 Å². The standard InChI is InChI=1S/C12H15FN2O2/c1-9(16)15(7-6-14)12(17)8-10-2-4-11(13)5-3-10/h2-5H,6-8,14H2,1H3. The van der Waals surface area contributed by atoms with E-state index in [1.54, 1.807) is 0 Å². The summed E-state index contributed by atoms with van der Waals surface area (Å²) in [5.41, 5.74) is 5.99. The van der Waals surface area contributed by atoms with Crippen LogP contribution in [-0.4, -0.2) is 29.8 Å². The van der Waals surface area contributed by atoms with E-state index in [0.717, 1.165) is 4.90 Å². The summed E-state index contributed by atoms with van der Waals surface area (Å²) in [7, 11) is 0. The molecule has 0 atom stereocenters. The average Bonchev–Trinajstić information content (AvgIpc) is 2.28. The van der Waals surface area contributed by atoms with Gasteiger partial charge in [0.15, 0.2) is 0 Å². The van der Waals surface area contributed by atoms with Gasteiger partial charge in [-0.05, 0) is 17.7 Å². The molecule has 0 fully saturated rings. The van der Waals surface area contributed by atoms with E-state index in [1.807, 2.05) is 0 Å². The first-order valence-corrected chi connectivity index (χ1v) is 5.30. The molecule has 0 aliphatic carbocycles. The Morgan fingerprint density at radius 1 is 1.29 bits per heavy atom. The van der Waals surface area contributed by atoms with Crippen LogP contribution in [0.4, 0.5) is 4.39 Å². The number of hydrogen-bond acceptors (Lipinski definition) is 3. The van der Waals surface area contributed by atoms with Gasteiger partial charge in [0.2, 0.25) is 11.8 Å². The molecule has 0 radical (unpaired) electrons. The highest BCUT2D eigenvalue weighted by Gasteiger charge is 2.17. The first-order chi connectivity index (χ1) is 8.04. The summed E-state index contributed by atoms with van der Waals surface area (Å²) < 4.78 is 12.7. The monoisotopic (exact) mass is 238 g/mol. The van der Waals surface area contributed by atoms with Crippen molar-refractivity contribution in [2.24, 2.45) is 5.73 Å². The van der Waals surface area contributed by atoms with Crippen molar-refractivity contribution in [2.45, 2.75) is 13.3 Å². The predicted octanol–water partition coefficient (Wildman–Crippen LogP) is 0.702. The third kappa shape index (κ3) is 3.96. The van der Waals surface area contributed by atoms with Crippen molar-refractivity contribution in [3.63, 3.8) is 0 Å². The number of hydrogen-bond donors (Lipinski definition) is 1. The Hall–Kier alpha value is -1.75. The van der Waals surface area contributed by atoms with Gasteiger partial charge in [-0.25, -0.2) is 4.39 Å². The molecule has 2 amide bonds. The summed E-state index contributed by atoms with van der Waals surface area (Å²) >= 11 is 0. The molecule has 1 rings (SSSR count). The molecule has 0 aliphatic heterocycles. The number of carbonyl (C=O) groups excluding carboxylic acids is 2. The second-order valence-electron chi connectivity index (χ2n) is 3.66. The number of benzene rings is 1. The van der Waals surface area contributed by atoms with Crippen LogP contribution >= 0.6 is 0 Å². The van der Waals surface area contributed by atoms with E-state index in [1.165, 1.54) is 31.2 Å². The van der Waals surface area contributed by atoms with Gasteiger partial charge < -0.3 is 5.73 Å². The lowest BCUT2D eigenvalue weighted by molar-refractivity contribution is -0.142. The first-order valence-electron chi connectivity index (χ1n) is 5.30. The number of rotatable bonds is 4. The van der Waals surface area contributed by atoms with Gasteiger partial charge in [-0.15, -0.1) is 0 Å². The minimum absolute atomic E-state index is 0.0693. The SMILES string of the molecule is CC(=O)N(CCN)C(=O)Cc1ccc(F)cc1. The van der Waals surface area contributed by atoms with Gasteiger partial charge in [0, 0.05) is 20.0 Å². The van der Waals surface area contributed by atoms with Crippen LogP contribution in [0.2, 0.25) is 0 Å². The van der Waals surface area contributed by atoms with Gasteiger partial charge in [-0.1, -0.05) is 12.1 Å². The Morgan fingerprint density at radius 3 is 2.35 bits per heavy atom. The molecule has 2 N–H and O–H groups in total. The highest BCUT2D eigenvalue weighted by molar-refractivity contribution is 5.95. The topological polar surface area (TPSA) is 63.4 Å². The summed E-state index contributed by atoms with van der Waals surface area (Å²) in [5, 5.41) is 0. The molecule has 0 aromatic heterocycles. The molecule has 92 valence electrons. The fraction of sp³-hybridized carbons (Fsp3) is 0.333. The van der Waals surface area contributed by atoms with Crippen molar-refractivity contribution in [2.75, 3.05) is 13.1 Å². The lowest BCUT2D eigenvalue weighted by Crippen LogP contribution is -2.39. The predicted molar refractivity (Wildman–Crippen MR) is 61.6 cm³/mol. The number of halogens is 1. The Balaban J connectivity index is 2.69. The Morgan fingerprint density at radius 2 is 1.88 bits per heavy atom. The van der Waals surface area contributed by atoms with Crippen molar-refractivity contribution in [1.29, 1.82) is 0 Å². The van der Waals surface area contributed by atoms with Gasteiger partial charge in [-0.2, -0.15) is 0 Å². The minimum atomic E-state index is -0.355. The second kappa shape index (κ2) is 6.10. The number of imide groups is 1. The molecule has 4 nitrogen and oxygen atoms in total. The van der Waals surface area contributed by atoms with Crippen molar-refractivity contribution in [3.05, 3.63) is 35.6 Å². The summed E-state index contributed by atoms with van der Waals surface area (Å²) in [4.78, 5) is 24.1. The molecule has 0 unspecified atom stereocenters. The number of nitrogens with zero attached hydrogens (tertiary/aromatic N) is 1. The highest BCUT2D eigenvalue weighted by Crippen LogP contribution is 2.05. The zero-order valence-electron chi connectivity index (χ0n) is 9.65. The lowest BCUT2D eigenvalue weighted by Gasteiger charge is -2.18. The van der Waals surface area contributed by atoms with E-state index in [2.05, 4.69) is 0 Å². The Labute approximate surface area is 99.2 Å². The lowest BCUT2D eigenvalue weighted by atomic mass is 10.1. The van der Waals surface area contributed by atoms with Crippen LogP contribution in [0, 0.1) is 5.82 Å². The maximum atomic E-state index is 12.7. The van der Waals surface area contributed by atoms with Crippen LogP contribution in [0.5, 0.6) is 0 Å². The molecule has 0 aliphatic rings. The number of nitrogens with two attached hydrogens (primary N) is 1. The molecule has 0 saturated carbocycles. The van der Waals surface area contributed by atoms with Gasteiger partial charge in [-0.3, -0.25) is 14.5 Å². The molecular formula is C12H15FN2O2. The zero-order valence-corrected chi connectivity index (χ0v) is 9.65. The summed E-state index contributed by atoms with van der Waals surface area (Å²) in [6.45, 7) is 1.75. The largest absolute Gasteiger partial charge is 0.329 e. The summed E-state index contributed by atoms with van der Waals surface area (Å²) in [6, 6.07) is 5.61. The van der Waals surface area contributed by atoms with E-state index in [0.29, 0.717) is 5.56 Å². The van der Waals surface area contributed by atoms with E-state index >= 15 is 0 Å². The van der Waals surface area contributed by atoms with Gasteiger partial charge in [0.1, 0.15) is 5.82 Å². The highest BCUT2D eigenvalue weighted by atomic mass is 19.1. The van der Waals surface area contributed by atoms with E-state index in [-0.39, 0.29) is 37.1 Å². The molecule has 0 saturated heterocycles. The second-order valence-corrected chi connectivity index (χ2v) is 3.66. The minimum Gasteiger partial charge on any atom is -0.329 e. The zero-order chi connectivity index (χ0) is 12.8. The van der Waals surface area contributed by atoms with Crippen molar-refractivity contribution in [3.8, 4) is 0 Å². The van der Waals surface area contributed by atoms with Crippen LogP contribution in [0.15, 0.2) is 24.3 Å². The van der Waals surface area contributed by atoms with Crippen molar-refractivity contribution in [1.82, 2.24) is 4.90 Å². The van der Waals surface area contributed by atoms with Gasteiger partial charge in [0.05, 0.1) is 6.42 Å². The van der Waals surface area contributed by atoms with E-state index in [4.69, 9.17) is 5.73 Å². The van der Waals surface area contributed by atoms with Crippen LogP contribution in [0.1, 0.15) is 12.5 Å². The fourth-order valence-corrected chi connectivity index (χ4v) is 1.46. The van der Waals surface area contributed by atoms with Crippen LogP contribution in [-0.2, 0) is 16.0 Å². The average molecular weight is 238 g/mol. The normalized spacial score (nSPS) is 10.1. The fourth-order valence-electron chi connectivity index (χ4n) is 1.46. The van der Waals surface area contributed by atoms with Crippen LogP contribution in [0.3, 0.4) is 0 Å². The van der Waals surface area contributed by atoms with Gasteiger partial charge in [0.25, 0.3) is 0 Å². The Kier molecular flexibility index (Phi) is 4.78. The van der Waals surface area contributed by atoms with Crippen LogP contribution < -0.4 is 5.73 Å². The molecule has 0 bridgehead atoms. The van der Waals surface area contributed by atoms with E-state index in [9.17, 15) is 14.0 Å². The first kappa shape index (κ1) is 13.3. The molecule has 1 aromatic carbocycles. The molecular weight excluding hydrogens is 223 g/mol.